The SMILES string of the molecule is OCC[C@H]1CCc2cc(CO)ccc2O1. The van der Waals surface area contributed by atoms with Gasteiger partial charge >= 0.3 is 0 Å². The number of fused-ring (bicyclic) bond motifs is 1. The van der Waals surface area contributed by atoms with Crippen molar-refractivity contribution in [2.75, 3.05) is 6.61 Å². The van der Waals surface area contributed by atoms with E-state index < -0.39 is 0 Å². The highest BCUT2D eigenvalue weighted by atomic mass is 16.5. The highest BCUT2D eigenvalue weighted by Gasteiger charge is 2.19. The quantitative estimate of drug-likeness (QED) is 0.786. The van der Waals surface area contributed by atoms with Crippen molar-refractivity contribution in [2.24, 2.45) is 0 Å². The first kappa shape index (κ1) is 10.5. The minimum absolute atomic E-state index is 0.0767. The third-order valence-corrected chi connectivity index (χ3v) is 2.79. The van der Waals surface area contributed by atoms with Gasteiger partial charge in [0.1, 0.15) is 11.9 Å². The Bertz CT molecular complexity index is 336. The van der Waals surface area contributed by atoms with Gasteiger partial charge in [-0.25, -0.2) is 0 Å². The van der Waals surface area contributed by atoms with Crippen LogP contribution in [0, 0.1) is 0 Å². The second kappa shape index (κ2) is 4.64. The van der Waals surface area contributed by atoms with Crippen LogP contribution in [0.3, 0.4) is 0 Å². The lowest BCUT2D eigenvalue weighted by atomic mass is 9.99. The molecule has 1 aromatic rings. The van der Waals surface area contributed by atoms with Crippen LogP contribution in [-0.2, 0) is 13.0 Å². The van der Waals surface area contributed by atoms with Crippen LogP contribution < -0.4 is 4.74 Å². The summed E-state index contributed by atoms with van der Waals surface area (Å²) < 4.78 is 5.73. The smallest absolute Gasteiger partial charge is 0.122 e. The van der Waals surface area contributed by atoms with E-state index in [1.54, 1.807) is 0 Å². The molecule has 0 fully saturated rings. The van der Waals surface area contributed by atoms with Crippen molar-refractivity contribution in [2.45, 2.75) is 32.0 Å². The summed E-state index contributed by atoms with van der Waals surface area (Å²) in [5.41, 5.74) is 2.09. The van der Waals surface area contributed by atoms with Crippen LogP contribution >= 0.6 is 0 Å². The molecule has 0 spiro atoms. The maximum absolute atomic E-state index is 9.00. The number of hydrogen-bond acceptors (Lipinski definition) is 3. The van der Waals surface area contributed by atoms with Crippen LogP contribution in [0.1, 0.15) is 24.0 Å². The molecule has 1 aliphatic heterocycles. The van der Waals surface area contributed by atoms with Gasteiger partial charge in [-0.2, -0.15) is 0 Å². The molecule has 3 heteroatoms. The van der Waals surface area contributed by atoms with Crippen LogP contribution in [-0.4, -0.2) is 22.9 Å². The number of benzene rings is 1. The number of aliphatic hydroxyl groups excluding tert-OH is 2. The highest BCUT2D eigenvalue weighted by Crippen LogP contribution is 2.29. The zero-order valence-electron chi connectivity index (χ0n) is 8.65. The van der Waals surface area contributed by atoms with Crippen molar-refractivity contribution in [1.82, 2.24) is 0 Å². The summed E-state index contributed by atoms with van der Waals surface area (Å²) in [6.45, 7) is 0.252. The van der Waals surface area contributed by atoms with Crippen LogP contribution in [0.15, 0.2) is 18.2 Å². The molecule has 0 saturated heterocycles. The van der Waals surface area contributed by atoms with Gasteiger partial charge in [-0.05, 0) is 36.1 Å². The number of aryl methyl sites for hydroxylation is 1. The lowest BCUT2D eigenvalue weighted by molar-refractivity contribution is 0.134. The van der Waals surface area contributed by atoms with Gasteiger partial charge < -0.3 is 14.9 Å². The molecule has 2 N–H and O–H groups in total. The Morgan fingerprint density at radius 2 is 2.20 bits per heavy atom. The standard InChI is InChI=1S/C12H16O3/c13-6-5-11-3-2-10-7-9(8-14)1-4-12(10)15-11/h1,4,7,11,13-14H,2-3,5-6,8H2/t11-/m1/s1. The predicted molar refractivity (Wildman–Crippen MR) is 56.8 cm³/mol. The molecule has 0 unspecified atom stereocenters. The minimum atomic E-state index is 0.0767. The topological polar surface area (TPSA) is 49.7 Å². The van der Waals surface area contributed by atoms with Crippen LogP contribution in [0.2, 0.25) is 0 Å². The Hall–Kier alpha value is -1.06. The zero-order valence-corrected chi connectivity index (χ0v) is 8.65. The van der Waals surface area contributed by atoms with E-state index >= 15 is 0 Å². The maximum Gasteiger partial charge on any atom is 0.122 e. The van der Waals surface area contributed by atoms with E-state index in [0.717, 1.165) is 29.7 Å². The molecular weight excluding hydrogens is 192 g/mol. The number of ether oxygens (including phenoxy) is 1. The van der Waals surface area contributed by atoms with Crippen LogP contribution in [0.25, 0.3) is 0 Å². The molecule has 82 valence electrons. The van der Waals surface area contributed by atoms with E-state index in [2.05, 4.69) is 0 Å². The third-order valence-electron chi connectivity index (χ3n) is 2.79. The molecule has 15 heavy (non-hydrogen) atoms. The average Bonchev–Trinajstić information content (AvgIpc) is 2.29. The van der Waals surface area contributed by atoms with E-state index in [1.165, 1.54) is 0 Å². The summed E-state index contributed by atoms with van der Waals surface area (Å²) >= 11 is 0. The summed E-state index contributed by atoms with van der Waals surface area (Å²) in [5.74, 6) is 0.900. The Kier molecular flexibility index (Phi) is 3.23. The third kappa shape index (κ3) is 2.30. The number of rotatable bonds is 3. The Labute approximate surface area is 89.3 Å². The van der Waals surface area contributed by atoms with Crippen LogP contribution in [0.5, 0.6) is 5.75 Å². The van der Waals surface area contributed by atoms with Crippen molar-refractivity contribution in [3.05, 3.63) is 29.3 Å². The van der Waals surface area contributed by atoms with E-state index in [0.29, 0.717) is 6.42 Å². The van der Waals surface area contributed by atoms with Crippen LogP contribution in [0.4, 0.5) is 0 Å². The molecule has 0 aromatic heterocycles. The van der Waals surface area contributed by atoms with Gasteiger partial charge in [0.25, 0.3) is 0 Å². The summed E-state index contributed by atoms with van der Waals surface area (Å²) in [7, 11) is 0. The minimum Gasteiger partial charge on any atom is -0.490 e. The summed E-state index contributed by atoms with van der Waals surface area (Å²) in [5, 5.41) is 17.8. The fraction of sp³-hybridized carbons (Fsp3) is 0.500. The first-order valence-electron chi connectivity index (χ1n) is 5.33. The molecule has 2 rings (SSSR count). The van der Waals surface area contributed by atoms with Gasteiger partial charge in [-0.15, -0.1) is 0 Å². The second-order valence-corrected chi connectivity index (χ2v) is 3.89. The maximum atomic E-state index is 9.00. The average molecular weight is 208 g/mol. The van der Waals surface area contributed by atoms with E-state index in [1.807, 2.05) is 18.2 Å². The number of aliphatic hydroxyl groups is 2. The molecule has 3 nitrogen and oxygen atoms in total. The summed E-state index contributed by atoms with van der Waals surface area (Å²) in [4.78, 5) is 0. The molecule has 1 atom stereocenters. The molecule has 0 saturated carbocycles. The first-order valence-corrected chi connectivity index (χ1v) is 5.33. The van der Waals surface area contributed by atoms with Gasteiger partial charge in [-0.3, -0.25) is 0 Å². The monoisotopic (exact) mass is 208 g/mol. The number of hydrogen-bond donors (Lipinski definition) is 2. The molecule has 0 aliphatic carbocycles. The van der Waals surface area contributed by atoms with Gasteiger partial charge in [0.2, 0.25) is 0 Å². The van der Waals surface area contributed by atoms with Gasteiger partial charge in [0.05, 0.1) is 6.61 Å². The summed E-state index contributed by atoms with van der Waals surface area (Å²) in [6.07, 6.45) is 2.75. The Balaban J connectivity index is 2.13. The predicted octanol–water partition coefficient (Wildman–Crippen LogP) is 1.25. The molecule has 1 aromatic carbocycles. The molecule has 1 heterocycles. The van der Waals surface area contributed by atoms with E-state index in [4.69, 9.17) is 14.9 Å². The van der Waals surface area contributed by atoms with Gasteiger partial charge in [0.15, 0.2) is 0 Å². The Morgan fingerprint density at radius 3 is 2.93 bits per heavy atom. The lowest BCUT2D eigenvalue weighted by Crippen LogP contribution is -2.23. The molecule has 0 bridgehead atoms. The zero-order chi connectivity index (χ0) is 10.7. The molecule has 0 amide bonds. The fourth-order valence-electron chi connectivity index (χ4n) is 1.94. The summed E-state index contributed by atoms with van der Waals surface area (Å²) in [6, 6.07) is 5.77. The van der Waals surface area contributed by atoms with Gasteiger partial charge in [0, 0.05) is 13.0 Å². The first-order chi connectivity index (χ1) is 7.33. The van der Waals surface area contributed by atoms with Gasteiger partial charge in [-0.1, -0.05) is 6.07 Å². The molecule has 0 radical (unpaired) electrons. The van der Waals surface area contributed by atoms with Crippen molar-refractivity contribution in [3.8, 4) is 5.75 Å². The van der Waals surface area contributed by atoms with E-state index in [9.17, 15) is 0 Å². The Morgan fingerprint density at radius 1 is 1.33 bits per heavy atom. The fourth-order valence-corrected chi connectivity index (χ4v) is 1.94. The normalized spacial score (nSPS) is 19.5. The largest absolute Gasteiger partial charge is 0.490 e. The van der Waals surface area contributed by atoms with Crippen molar-refractivity contribution < 1.29 is 14.9 Å². The lowest BCUT2D eigenvalue weighted by Gasteiger charge is -2.25. The van der Waals surface area contributed by atoms with E-state index in [-0.39, 0.29) is 19.3 Å². The van der Waals surface area contributed by atoms with Crippen molar-refractivity contribution in [3.63, 3.8) is 0 Å². The van der Waals surface area contributed by atoms with Crippen molar-refractivity contribution >= 4 is 0 Å². The second-order valence-electron chi connectivity index (χ2n) is 3.89. The van der Waals surface area contributed by atoms with Crippen molar-refractivity contribution in [1.29, 1.82) is 0 Å². The highest BCUT2D eigenvalue weighted by molar-refractivity contribution is 5.38. The molecule has 1 aliphatic rings. The molecular formula is C12H16O3.